The van der Waals surface area contributed by atoms with E-state index in [-0.39, 0.29) is 0 Å². The van der Waals surface area contributed by atoms with Crippen LogP contribution in [0.3, 0.4) is 0 Å². The maximum atomic E-state index is 8.30. The second-order valence-corrected chi connectivity index (χ2v) is 5.69. The fourth-order valence-corrected chi connectivity index (χ4v) is 2.91. The summed E-state index contributed by atoms with van der Waals surface area (Å²) in [4.78, 5) is 0. The fraction of sp³-hybridized carbons (Fsp3) is 0.333. The van der Waals surface area contributed by atoms with Crippen molar-refractivity contribution in [3.63, 3.8) is 0 Å². The summed E-state index contributed by atoms with van der Waals surface area (Å²) in [7, 11) is 0. The van der Waals surface area contributed by atoms with Gasteiger partial charge in [-0.2, -0.15) is 10.5 Å². The van der Waals surface area contributed by atoms with Gasteiger partial charge in [-0.05, 0) is 68.7 Å². The van der Waals surface area contributed by atoms with Gasteiger partial charge in [0.2, 0.25) is 0 Å². The molecule has 12 heavy (non-hydrogen) atoms. The van der Waals surface area contributed by atoms with Crippen molar-refractivity contribution >= 4 is 68.7 Å². The van der Waals surface area contributed by atoms with Crippen LogP contribution in [0.2, 0.25) is 0 Å². The van der Waals surface area contributed by atoms with Gasteiger partial charge < -0.3 is 0 Å². The number of nitriles is 2. The normalized spacial score (nSPS) is 11.3. The Morgan fingerprint density at radius 2 is 1.33 bits per heavy atom. The molecule has 0 aromatic rings. The van der Waals surface area contributed by atoms with Gasteiger partial charge in [0, 0.05) is 18.7 Å². The van der Waals surface area contributed by atoms with Crippen molar-refractivity contribution in [1.82, 2.24) is 0 Å². The summed E-state index contributed by atoms with van der Waals surface area (Å²) in [6, 6.07) is 0. The van der Waals surface area contributed by atoms with E-state index in [4.69, 9.17) is 10.5 Å². The summed E-state index contributed by atoms with van der Waals surface area (Å²) in [6.45, 7) is 0. The molecular formula is C6H4I2N2S2. The number of halogens is 2. The van der Waals surface area contributed by atoms with Gasteiger partial charge >= 0.3 is 0 Å². The van der Waals surface area contributed by atoms with E-state index < -0.39 is 0 Å². The summed E-state index contributed by atoms with van der Waals surface area (Å²) in [6.07, 6.45) is 0. The molecule has 0 saturated carbocycles. The Balaban J connectivity index is 3.92. The molecule has 2 nitrogen and oxygen atoms in total. The van der Waals surface area contributed by atoms with Crippen LogP contribution in [0, 0.1) is 21.3 Å². The van der Waals surface area contributed by atoms with Crippen molar-refractivity contribution in [3.8, 4) is 10.8 Å². The van der Waals surface area contributed by atoms with Gasteiger partial charge in [-0.3, -0.25) is 0 Å². The highest BCUT2D eigenvalue weighted by molar-refractivity contribution is 14.1. The Bertz CT molecular complexity index is 225. The molecule has 0 N–H and O–H groups in total. The average molecular weight is 422 g/mol. The highest BCUT2D eigenvalue weighted by atomic mass is 127. The molecule has 0 amide bonds. The molecule has 0 aromatic carbocycles. The Hall–Kier alpha value is 0.880. The molecule has 0 atom stereocenters. The highest BCUT2D eigenvalue weighted by Gasteiger charge is 2.00. The summed E-state index contributed by atoms with van der Waals surface area (Å²) >= 11 is 6.86. The Kier molecular flexibility index (Phi) is 9.10. The van der Waals surface area contributed by atoms with Gasteiger partial charge in [0.25, 0.3) is 0 Å². The first-order valence-corrected chi connectivity index (χ1v) is 6.90. The molecule has 0 aliphatic carbocycles. The Labute approximate surface area is 107 Å². The van der Waals surface area contributed by atoms with Crippen molar-refractivity contribution in [2.75, 3.05) is 11.5 Å². The largest absolute Gasteiger partial charge is 0.185 e. The number of rotatable bonds is 4. The van der Waals surface area contributed by atoms with Gasteiger partial charge in [0.15, 0.2) is 0 Å². The first-order valence-electron chi connectivity index (χ1n) is 2.77. The lowest BCUT2D eigenvalue weighted by molar-refractivity contribution is 1.56. The predicted octanol–water partition coefficient (Wildman–Crippen LogP) is 3.50. The summed E-state index contributed by atoms with van der Waals surface area (Å²) in [5, 5.41) is 20.6. The van der Waals surface area contributed by atoms with Crippen molar-refractivity contribution in [1.29, 1.82) is 10.5 Å². The molecule has 0 rings (SSSR count). The first kappa shape index (κ1) is 12.9. The molecule has 0 heterocycles. The van der Waals surface area contributed by atoms with Gasteiger partial charge in [-0.15, -0.1) is 0 Å². The molecule has 0 bridgehead atoms. The van der Waals surface area contributed by atoms with Gasteiger partial charge in [0.05, 0.1) is 0 Å². The SMILES string of the molecule is N#CSCC(I)=C(I)CSC#N. The van der Waals surface area contributed by atoms with E-state index in [1.54, 1.807) is 0 Å². The first-order chi connectivity index (χ1) is 5.72. The summed E-state index contributed by atoms with van der Waals surface area (Å²) in [5.41, 5.74) is 0. The zero-order valence-electron chi connectivity index (χ0n) is 5.88. The smallest absolute Gasteiger partial charge is 0.133 e. The minimum absolute atomic E-state index is 0.724. The number of thioether (sulfide) groups is 2. The van der Waals surface area contributed by atoms with Crippen LogP contribution in [-0.4, -0.2) is 11.5 Å². The zero-order chi connectivity index (χ0) is 9.40. The number of hydrogen-bond donors (Lipinski definition) is 0. The maximum absolute atomic E-state index is 8.30. The molecule has 0 spiro atoms. The van der Waals surface area contributed by atoms with E-state index in [0.717, 1.165) is 18.7 Å². The molecule has 0 saturated heterocycles. The second-order valence-electron chi connectivity index (χ2n) is 1.57. The van der Waals surface area contributed by atoms with E-state index in [9.17, 15) is 0 Å². The van der Waals surface area contributed by atoms with Gasteiger partial charge in [-0.25, -0.2) is 0 Å². The second kappa shape index (κ2) is 8.48. The van der Waals surface area contributed by atoms with Crippen molar-refractivity contribution < 1.29 is 0 Å². The van der Waals surface area contributed by atoms with Crippen LogP contribution in [0.5, 0.6) is 0 Å². The van der Waals surface area contributed by atoms with E-state index >= 15 is 0 Å². The van der Waals surface area contributed by atoms with Crippen LogP contribution in [0.1, 0.15) is 0 Å². The maximum Gasteiger partial charge on any atom is 0.133 e. The van der Waals surface area contributed by atoms with Crippen molar-refractivity contribution in [3.05, 3.63) is 7.16 Å². The standard InChI is InChI=1S/C6H4I2N2S2/c7-5(1-11-3-9)6(8)2-12-4-10/h1-2H2. The van der Waals surface area contributed by atoms with Gasteiger partial charge in [-0.1, -0.05) is 0 Å². The molecule has 0 fully saturated rings. The quantitative estimate of drug-likeness (QED) is 0.515. The minimum Gasteiger partial charge on any atom is -0.185 e. The predicted molar refractivity (Wildman–Crippen MR) is 71.2 cm³/mol. The van der Waals surface area contributed by atoms with Crippen LogP contribution >= 0.6 is 68.7 Å². The van der Waals surface area contributed by atoms with Crippen LogP contribution in [0.25, 0.3) is 0 Å². The van der Waals surface area contributed by atoms with E-state index in [1.165, 1.54) is 23.5 Å². The molecule has 0 aliphatic heterocycles. The third kappa shape index (κ3) is 6.40. The molecule has 0 aromatic heterocycles. The number of nitrogens with zero attached hydrogens (tertiary/aromatic N) is 2. The summed E-state index contributed by atoms with van der Waals surface area (Å²) in [5.74, 6) is 1.45. The highest BCUT2D eigenvalue weighted by Crippen LogP contribution is 2.25. The molecular weight excluding hydrogens is 418 g/mol. The van der Waals surface area contributed by atoms with E-state index in [2.05, 4.69) is 45.2 Å². The topological polar surface area (TPSA) is 47.6 Å². The Morgan fingerprint density at radius 1 is 1.00 bits per heavy atom. The van der Waals surface area contributed by atoms with Crippen LogP contribution in [0.15, 0.2) is 7.16 Å². The molecule has 0 aliphatic rings. The molecule has 6 heteroatoms. The van der Waals surface area contributed by atoms with Crippen molar-refractivity contribution in [2.45, 2.75) is 0 Å². The zero-order valence-corrected chi connectivity index (χ0v) is 11.8. The molecule has 64 valence electrons. The number of hydrogen-bond acceptors (Lipinski definition) is 4. The van der Waals surface area contributed by atoms with Crippen LogP contribution in [0.4, 0.5) is 0 Å². The van der Waals surface area contributed by atoms with Crippen molar-refractivity contribution in [2.24, 2.45) is 0 Å². The lowest BCUT2D eigenvalue weighted by Gasteiger charge is -1.98. The van der Waals surface area contributed by atoms with Crippen LogP contribution in [-0.2, 0) is 0 Å². The third-order valence-corrected chi connectivity index (χ3v) is 6.08. The molecule has 0 radical (unpaired) electrons. The van der Waals surface area contributed by atoms with Crippen LogP contribution < -0.4 is 0 Å². The molecule has 0 unspecified atom stereocenters. The van der Waals surface area contributed by atoms with E-state index in [0.29, 0.717) is 0 Å². The number of thiocyanates is 2. The lowest BCUT2D eigenvalue weighted by Crippen LogP contribution is -1.83. The summed E-state index contributed by atoms with van der Waals surface area (Å²) < 4.78 is 2.31. The third-order valence-electron chi connectivity index (χ3n) is 0.821. The minimum atomic E-state index is 0.724. The Morgan fingerprint density at radius 3 is 1.58 bits per heavy atom. The lowest BCUT2D eigenvalue weighted by atomic mass is 10.6. The van der Waals surface area contributed by atoms with Gasteiger partial charge in [0.1, 0.15) is 10.8 Å². The average Bonchev–Trinajstić information content (AvgIpc) is 2.10. The fourth-order valence-electron chi connectivity index (χ4n) is 0.348. The van der Waals surface area contributed by atoms with E-state index in [1.807, 2.05) is 10.8 Å². The monoisotopic (exact) mass is 422 g/mol.